The van der Waals surface area contributed by atoms with Gasteiger partial charge in [0.05, 0.1) is 32.2 Å². The van der Waals surface area contributed by atoms with Gasteiger partial charge in [-0.3, -0.25) is 4.79 Å². The van der Waals surface area contributed by atoms with Crippen LogP contribution in [0.1, 0.15) is 11.3 Å². The third-order valence-electron chi connectivity index (χ3n) is 2.26. The van der Waals surface area contributed by atoms with E-state index in [0.29, 0.717) is 0 Å². The van der Waals surface area contributed by atoms with Crippen LogP contribution in [0.15, 0.2) is 6.07 Å². The molecule has 112 valence electrons. The van der Waals surface area contributed by atoms with E-state index in [0.717, 1.165) is 13.2 Å². The molecule has 0 fully saturated rings. The van der Waals surface area contributed by atoms with Gasteiger partial charge in [-0.1, -0.05) is 0 Å². The zero-order chi connectivity index (χ0) is 15.3. The Morgan fingerprint density at radius 3 is 2.50 bits per heavy atom. The maximum atomic E-state index is 12.4. The number of ether oxygens (including phenoxy) is 3. The van der Waals surface area contributed by atoms with Gasteiger partial charge in [0, 0.05) is 11.6 Å². The lowest BCUT2D eigenvalue weighted by Gasteiger charge is -2.16. The number of nitrogens with zero attached hydrogens (tertiary/aromatic N) is 1. The number of alkyl halides is 4. The van der Waals surface area contributed by atoms with E-state index in [-0.39, 0.29) is 23.0 Å². The van der Waals surface area contributed by atoms with Crippen LogP contribution in [0.3, 0.4) is 0 Å². The summed E-state index contributed by atoms with van der Waals surface area (Å²) in [6.45, 7) is 0. The number of pyridine rings is 1. The fraction of sp³-hybridized carbons (Fsp3) is 0.455. The van der Waals surface area contributed by atoms with Gasteiger partial charge in [0.1, 0.15) is 5.75 Å². The minimum absolute atomic E-state index is 0.0515. The Labute approximate surface area is 117 Å². The van der Waals surface area contributed by atoms with E-state index >= 15 is 0 Å². The maximum absolute atomic E-state index is 12.4. The summed E-state index contributed by atoms with van der Waals surface area (Å²) in [6.07, 6.45) is -5.36. The molecule has 0 spiro atoms. The number of esters is 1. The first kappa shape index (κ1) is 16.4. The SMILES string of the molecule is COC(=O)Cc1c(OC(F)(F)F)cc(OC)nc1CCl. The van der Waals surface area contributed by atoms with Crippen molar-refractivity contribution >= 4 is 17.6 Å². The van der Waals surface area contributed by atoms with Crippen molar-refractivity contribution in [2.75, 3.05) is 14.2 Å². The van der Waals surface area contributed by atoms with Crippen LogP contribution in [-0.2, 0) is 21.8 Å². The van der Waals surface area contributed by atoms with E-state index in [2.05, 4.69) is 14.5 Å². The molecule has 0 amide bonds. The smallest absolute Gasteiger partial charge is 0.481 e. The van der Waals surface area contributed by atoms with Crippen molar-refractivity contribution in [2.24, 2.45) is 0 Å². The normalized spacial score (nSPS) is 11.1. The van der Waals surface area contributed by atoms with Crippen LogP contribution in [-0.4, -0.2) is 31.5 Å². The van der Waals surface area contributed by atoms with Crippen LogP contribution in [0.5, 0.6) is 11.6 Å². The van der Waals surface area contributed by atoms with E-state index in [1.165, 1.54) is 7.11 Å². The first-order valence-electron chi connectivity index (χ1n) is 5.26. The van der Waals surface area contributed by atoms with Gasteiger partial charge in [-0.15, -0.1) is 24.8 Å². The van der Waals surface area contributed by atoms with Crippen molar-refractivity contribution in [1.82, 2.24) is 4.98 Å². The number of methoxy groups -OCH3 is 2. The van der Waals surface area contributed by atoms with E-state index in [1.807, 2.05) is 0 Å². The number of rotatable bonds is 5. The highest BCUT2D eigenvalue weighted by atomic mass is 35.5. The fourth-order valence-corrected chi connectivity index (χ4v) is 1.63. The van der Waals surface area contributed by atoms with Crippen molar-refractivity contribution in [2.45, 2.75) is 18.7 Å². The fourth-order valence-electron chi connectivity index (χ4n) is 1.41. The van der Waals surface area contributed by atoms with Crippen LogP contribution < -0.4 is 9.47 Å². The molecule has 0 aromatic carbocycles. The van der Waals surface area contributed by atoms with Crippen LogP contribution >= 0.6 is 11.6 Å². The van der Waals surface area contributed by atoms with Gasteiger partial charge < -0.3 is 14.2 Å². The lowest BCUT2D eigenvalue weighted by Crippen LogP contribution is -2.20. The Bertz CT molecular complexity index is 493. The third kappa shape index (κ3) is 4.44. The zero-order valence-electron chi connectivity index (χ0n) is 10.6. The minimum atomic E-state index is -4.92. The van der Waals surface area contributed by atoms with Gasteiger partial charge in [0.25, 0.3) is 0 Å². The first-order valence-corrected chi connectivity index (χ1v) is 5.79. The quantitative estimate of drug-likeness (QED) is 0.617. The standard InChI is InChI=1S/C11H11ClF3NO4/c1-18-9-4-8(20-11(13,14)15)6(3-10(17)19-2)7(5-12)16-9/h4H,3,5H2,1-2H3. The first-order chi connectivity index (χ1) is 9.30. The minimum Gasteiger partial charge on any atom is -0.481 e. The highest BCUT2D eigenvalue weighted by molar-refractivity contribution is 6.17. The molecular weight excluding hydrogens is 303 g/mol. The van der Waals surface area contributed by atoms with Gasteiger partial charge in [0.2, 0.25) is 5.88 Å². The summed E-state index contributed by atoms with van der Waals surface area (Å²) in [5.41, 5.74) is -0.0411. The lowest BCUT2D eigenvalue weighted by molar-refractivity contribution is -0.275. The second kappa shape index (κ2) is 6.65. The summed E-state index contributed by atoms with van der Waals surface area (Å²) >= 11 is 5.62. The highest BCUT2D eigenvalue weighted by Crippen LogP contribution is 2.32. The second-order valence-corrected chi connectivity index (χ2v) is 3.79. The monoisotopic (exact) mass is 313 g/mol. The Kier molecular flexibility index (Phi) is 5.43. The molecule has 0 aliphatic heterocycles. The van der Waals surface area contributed by atoms with E-state index in [9.17, 15) is 18.0 Å². The molecule has 0 atom stereocenters. The molecule has 1 aromatic heterocycles. The van der Waals surface area contributed by atoms with Crippen molar-refractivity contribution in [1.29, 1.82) is 0 Å². The van der Waals surface area contributed by atoms with Crippen LogP contribution in [0.4, 0.5) is 13.2 Å². The summed E-state index contributed by atoms with van der Waals surface area (Å²) in [5.74, 6) is -1.65. The molecule has 1 aromatic rings. The van der Waals surface area contributed by atoms with Gasteiger partial charge in [-0.25, -0.2) is 4.98 Å². The van der Waals surface area contributed by atoms with Gasteiger partial charge in [-0.2, -0.15) is 0 Å². The lowest BCUT2D eigenvalue weighted by atomic mass is 10.1. The van der Waals surface area contributed by atoms with Gasteiger partial charge >= 0.3 is 12.3 Å². The summed E-state index contributed by atoms with van der Waals surface area (Å²) in [6, 6.07) is 0.932. The largest absolute Gasteiger partial charge is 0.573 e. The van der Waals surface area contributed by atoms with Gasteiger partial charge in [0.15, 0.2) is 0 Å². The van der Waals surface area contributed by atoms with Crippen molar-refractivity contribution in [3.63, 3.8) is 0 Å². The second-order valence-electron chi connectivity index (χ2n) is 3.52. The number of hydrogen-bond acceptors (Lipinski definition) is 5. The Balaban J connectivity index is 3.30. The Morgan fingerprint density at radius 2 is 2.05 bits per heavy atom. The molecule has 0 unspecified atom stereocenters. The topological polar surface area (TPSA) is 57.7 Å². The molecule has 0 N–H and O–H groups in total. The van der Waals surface area contributed by atoms with E-state index < -0.39 is 24.5 Å². The summed E-state index contributed by atoms with van der Waals surface area (Å²) in [7, 11) is 2.35. The molecule has 0 saturated heterocycles. The summed E-state index contributed by atoms with van der Waals surface area (Å²) in [4.78, 5) is 15.1. The van der Waals surface area contributed by atoms with Crippen molar-refractivity contribution < 1.29 is 32.2 Å². The highest BCUT2D eigenvalue weighted by Gasteiger charge is 2.33. The predicted molar refractivity (Wildman–Crippen MR) is 62.7 cm³/mol. The molecule has 1 heterocycles. The molecular formula is C11H11ClF3NO4. The van der Waals surface area contributed by atoms with Crippen molar-refractivity contribution in [3.8, 4) is 11.6 Å². The average molecular weight is 314 g/mol. The predicted octanol–water partition coefficient (Wildman–Crippen LogP) is 2.44. The average Bonchev–Trinajstić information content (AvgIpc) is 2.38. The molecule has 20 heavy (non-hydrogen) atoms. The number of halogens is 4. The van der Waals surface area contributed by atoms with Crippen LogP contribution in [0.2, 0.25) is 0 Å². The Morgan fingerprint density at radius 1 is 1.40 bits per heavy atom. The maximum Gasteiger partial charge on any atom is 0.573 e. The molecule has 0 aliphatic rings. The summed E-state index contributed by atoms with van der Waals surface area (Å²) < 4.78 is 50.2. The summed E-state index contributed by atoms with van der Waals surface area (Å²) in [5, 5.41) is 0. The third-order valence-corrected chi connectivity index (χ3v) is 2.51. The molecule has 0 radical (unpaired) electrons. The van der Waals surface area contributed by atoms with Crippen LogP contribution in [0, 0.1) is 0 Å². The van der Waals surface area contributed by atoms with Crippen LogP contribution in [0.25, 0.3) is 0 Å². The molecule has 5 nitrogen and oxygen atoms in total. The number of hydrogen-bond donors (Lipinski definition) is 0. The van der Waals surface area contributed by atoms with Crippen molar-refractivity contribution in [3.05, 3.63) is 17.3 Å². The van der Waals surface area contributed by atoms with E-state index in [1.54, 1.807) is 0 Å². The number of aromatic nitrogens is 1. The van der Waals surface area contributed by atoms with E-state index in [4.69, 9.17) is 16.3 Å². The molecule has 1 rings (SSSR count). The molecule has 0 bridgehead atoms. The number of carbonyl (C=O) groups excluding carboxylic acids is 1. The zero-order valence-corrected chi connectivity index (χ0v) is 11.3. The number of carbonyl (C=O) groups is 1. The molecule has 0 saturated carbocycles. The van der Waals surface area contributed by atoms with Gasteiger partial charge in [-0.05, 0) is 0 Å². The molecule has 9 heteroatoms. The molecule has 0 aliphatic carbocycles. The Hall–Kier alpha value is -1.70.